The Hall–Kier alpha value is 0.290. The normalized spacial score (nSPS) is 53.5. The molecule has 0 aromatic carbocycles. The van der Waals surface area contributed by atoms with E-state index in [1.54, 1.807) is 0 Å². The van der Waals surface area contributed by atoms with Gasteiger partial charge >= 0.3 is 0 Å². The molecule has 0 amide bonds. The Labute approximate surface area is 74.3 Å². The molecule has 64 valence electrons. The maximum absolute atomic E-state index is 6.33. The summed E-state index contributed by atoms with van der Waals surface area (Å²) in [6, 6.07) is 0. The minimum Gasteiger partial charge on any atom is -0.122 e. The molecule has 0 aliphatic heterocycles. The molecule has 2 bridgehead atoms. The minimum atomic E-state index is 0.430. The fourth-order valence-electron chi connectivity index (χ4n) is 3.11. The van der Waals surface area contributed by atoms with Gasteiger partial charge < -0.3 is 0 Å². The molecule has 0 saturated heterocycles. The summed E-state index contributed by atoms with van der Waals surface area (Å²) in [4.78, 5) is 0. The van der Waals surface area contributed by atoms with Crippen LogP contribution in [0.15, 0.2) is 0 Å². The van der Waals surface area contributed by atoms with Crippen molar-refractivity contribution in [2.24, 2.45) is 16.7 Å². The van der Waals surface area contributed by atoms with Crippen LogP contribution in [0.25, 0.3) is 0 Å². The molecular weight excluding hydrogens is 156 g/mol. The van der Waals surface area contributed by atoms with Crippen molar-refractivity contribution in [2.45, 2.75) is 45.4 Å². The first-order valence-electron chi connectivity index (χ1n) is 4.62. The summed E-state index contributed by atoms with van der Waals surface area (Å²) in [6.07, 6.45) is 4.01. The van der Waals surface area contributed by atoms with Crippen LogP contribution in [0.1, 0.15) is 40.0 Å². The SMILES string of the molecule is CC1(C)[C@H]2CC[C@@]1(C)[C@@H](Cl)C2. The molecular formula is C10H17Cl. The Bertz CT molecular complexity index is 185. The molecule has 0 spiro atoms. The van der Waals surface area contributed by atoms with Crippen LogP contribution in [-0.4, -0.2) is 5.38 Å². The third-order valence-electron chi connectivity index (χ3n) is 4.69. The van der Waals surface area contributed by atoms with Gasteiger partial charge in [-0.25, -0.2) is 0 Å². The zero-order valence-corrected chi connectivity index (χ0v) is 8.41. The Morgan fingerprint density at radius 1 is 1.27 bits per heavy atom. The Kier molecular flexibility index (Phi) is 1.41. The Balaban J connectivity index is 2.40. The van der Waals surface area contributed by atoms with Crippen molar-refractivity contribution in [3.63, 3.8) is 0 Å². The molecule has 2 aliphatic carbocycles. The van der Waals surface area contributed by atoms with Gasteiger partial charge in [0, 0.05) is 5.38 Å². The number of halogens is 1. The number of fused-ring (bicyclic) bond motifs is 2. The topological polar surface area (TPSA) is 0 Å². The van der Waals surface area contributed by atoms with Gasteiger partial charge in [0.05, 0.1) is 0 Å². The van der Waals surface area contributed by atoms with Crippen molar-refractivity contribution >= 4 is 11.6 Å². The second-order valence-electron chi connectivity index (χ2n) is 5.08. The lowest BCUT2D eigenvalue weighted by Gasteiger charge is -2.36. The molecule has 2 fully saturated rings. The van der Waals surface area contributed by atoms with Gasteiger partial charge in [-0.3, -0.25) is 0 Å². The molecule has 0 radical (unpaired) electrons. The van der Waals surface area contributed by atoms with E-state index in [0.717, 1.165) is 5.92 Å². The first-order valence-corrected chi connectivity index (χ1v) is 5.06. The second kappa shape index (κ2) is 1.96. The highest BCUT2D eigenvalue weighted by molar-refractivity contribution is 6.21. The first-order chi connectivity index (χ1) is 4.98. The summed E-state index contributed by atoms with van der Waals surface area (Å²) in [5.74, 6) is 0.898. The Morgan fingerprint density at radius 2 is 1.91 bits per heavy atom. The summed E-state index contributed by atoms with van der Waals surface area (Å²) in [5.41, 5.74) is 0.929. The van der Waals surface area contributed by atoms with Gasteiger partial charge in [-0.15, -0.1) is 11.6 Å². The average molecular weight is 173 g/mol. The third kappa shape index (κ3) is 0.722. The fraction of sp³-hybridized carbons (Fsp3) is 1.00. The average Bonchev–Trinajstić information content (AvgIpc) is 2.20. The van der Waals surface area contributed by atoms with Crippen LogP contribution in [0.3, 0.4) is 0 Å². The molecule has 11 heavy (non-hydrogen) atoms. The van der Waals surface area contributed by atoms with E-state index in [2.05, 4.69) is 20.8 Å². The number of hydrogen-bond acceptors (Lipinski definition) is 0. The molecule has 0 nitrogen and oxygen atoms in total. The molecule has 0 aromatic rings. The predicted molar refractivity (Wildman–Crippen MR) is 48.9 cm³/mol. The van der Waals surface area contributed by atoms with Crippen LogP contribution in [0, 0.1) is 16.7 Å². The summed E-state index contributed by atoms with van der Waals surface area (Å²) < 4.78 is 0. The van der Waals surface area contributed by atoms with Crippen molar-refractivity contribution in [2.75, 3.05) is 0 Å². The lowest BCUT2D eigenvalue weighted by molar-refractivity contribution is 0.155. The van der Waals surface area contributed by atoms with Crippen molar-refractivity contribution in [3.05, 3.63) is 0 Å². The van der Waals surface area contributed by atoms with Crippen LogP contribution >= 0.6 is 11.6 Å². The van der Waals surface area contributed by atoms with Crippen molar-refractivity contribution in [3.8, 4) is 0 Å². The lowest BCUT2D eigenvalue weighted by Crippen LogP contribution is -2.32. The van der Waals surface area contributed by atoms with E-state index >= 15 is 0 Å². The van der Waals surface area contributed by atoms with Crippen molar-refractivity contribution in [1.29, 1.82) is 0 Å². The molecule has 2 saturated carbocycles. The molecule has 0 unspecified atom stereocenters. The minimum absolute atomic E-state index is 0.430. The molecule has 2 aliphatic rings. The smallest absolute Gasteiger partial charge is 0.0397 e. The van der Waals surface area contributed by atoms with Gasteiger partial charge in [0.1, 0.15) is 0 Å². The van der Waals surface area contributed by atoms with Crippen LogP contribution in [0.2, 0.25) is 0 Å². The summed E-state index contributed by atoms with van der Waals surface area (Å²) in [7, 11) is 0. The second-order valence-corrected chi connectivity index (χ2v) is 5.60. The first kappa shape index (κ1) is 7.91. The van der Waals surface area contributed by atoms with Crippen molar-refractivity contribution in [1.82, 2.24) is 0 Å². The third-order valence-corrected chi connectivity index (χ3v) is 5.35. The highest BCUT2D eigenvalue weighted by Crippen LogP contribution is 2.66. The van der Waals surface area contributed by atoms with E-state index in [-0.39, 0.29) is 0 Å². The number of hydrogen-bond donors (Lipinski definition) is 0. The monoisotopic (exact) mass is 172 g/mol. The van der Waals surface area contributed by atoms with Gasteiger partial charge in [0.15, 0.2) is 0 Å². The molecule has 1 heteroatoms. The Morgan fingerprint density at radius 3 is 2.09 bits per heavy atom. The van der Waals surface area contributed by atoms with Crippen LogP contribution in [0.4, 0.5) is 0 Å². The fourth-order valence-corrected chi connectivity index (χ4v) is 3.71. The highest BCUT2D eigenvalue weighted by atomic mass is 35.5. The quantitative estimate of drug-likeness (QED) is 0.491. The zero-order chi connectivity index (χ0) is 8.28. The zero-order valence-electron chi connectivity index (χ0n) is 7.65. The van der Waals surface area contributed by atoms with E-state index in [1.165, 1.54) is 19.3 Å². The van der Waals surface area contributed by atoms with Gasteiger partial charge in [0.2, 0.25) is 0 Å². The number of rotatable bonds is 0. The molecule has 0 N–H and O–H groups in total. The maximum atomic E-state index is 6.33. The summed E-state index contributed by atoms with van der Waals surface area (Å²) in [6.45, 7) is 7.16. The standard InChI is InChI=1S/C10H17Cl/c1-9(2)7-4-5-10(9,3)8(11)6-7/h7-8H,4-6H2,1-3H3/t7-,8-,10-/m0/s1. The summed E-state index contributed by atoms with van der Waals surface area (Å²) >= 11 is 6.33. The predicted octanol–water partition coefficient (Wildman–Crippen LogP) is 3.44. The van der Waals surface area contributed by atoms with Gasteiger partial charge in [-0.1, -0.05) is 20.8 Å². The largest absolute Gasteiger partial charge is 0.122 e. The van der Waals surface area contributed by atoms with E-state index in [4.69, 9.17) is 11.6 Å². The van der Waals surface area contributed by atoms with Gasteiger partial charge in [-0.2, -0.15) is 0 Å². The van der Waals surface area contributed by atoms with Crippen molar-refractivity contribution < 1.29 is 0 Å². The van der Waals surface area contributed by atoms with Gasteiger partial charge in [0.25, 0.3) is 0 Å². The van der Waals surface area contributed by atoms with E-state index in [1.807, 2.05) is 0 Å². The van der Waals surface area contributed by atoms with E-state index < -0.39 is 0 Å². The lowest BCUT2D eigenvalue weighted by atomic mass is 9.71. The molecule has 3 atom stereocenters. The van der Waals surface area contributed by atoms with Gasteiger partial charge in [-0.05, 0) is 36.0 Å². The molecule has 2 rings (SSSR count). The molecule has 0 heterocycles. The highest BCUT2D eigenvalue weighted by Gasteiger charge is 2.60. The van der Waals surface area contributed by atoms with Crippen LogP contribution in [-0.2, 0) is 0 Å². The van der Waals surface area contributed by atoms with Crippen LogP contribution in [0.5, 0.6) is 0 Å². The van der Waals surface area contributed by atoms with E-state index in [0.29, 0.717) is 16.2 Å². The summed E-state index contributed by atoms with van der Waals surface area (Å²) in [5, 5.41) is 0.441. The number of alkyl halides is 1. The van der Waals surface area contributed by atoms with Crippen LogP contribution < -0.4 is 0 Å². The molecule has 0 aromatic heterocycles. The maximum Gasteiger partial charge on any atom is 0.0397 e. The van der Waals surface area contributed by atoms with E-state index in [9.17, 15) is 0 Å².